The Labute approximate surface area is 129 Å². The van der Waals surface area contributed by atoms with Crippen LogP contribution in [-0.4, -0.2) is 105 Å². The van der Waals surface area contributed by atoms with Crippen molar-refractivity contribution in [3.8, 4) is 0 Å². The van der Waals surface area contributed by atoms with Crippen LogP contribution in [0, 0.1) is 0 Å². The van der Waals surface area contributed by atoms with Gasteiger partial charge in [0.1, 0.15) is 30.5 Å². The monoisotopic (exact) mass is 338 g/mol. The largest absolute Gasteiger partial charge is 0.449 e. The molecule has 2 heterocycles. The van der Waals surface area contributed by atoms with E-state index < -0.39 is 74.0 Å². The molecule has 0 aliphatic carbocycles. The first-order valence-electron chi connectivity index (χ1n) is 6.80. The third-order valence-electron chi connectivity index (χ3n) is 3.65. The number of ether oxygens (including phenoxy) is 3. The van der Waals surface area contributed by atoms with Gasteiger partial charge in [-0.25, -0.2) is 4.79 Å². The first-order chi connectivity index (χ1) is 10.8. The van der Waals surface area contributed by atoms with Gasteiger partial charge in [0, 0.05) is 0 Å². The predicted octanol–water partition coefficient (Wildman–Crippen LogP) is -4.98. The van der Waals surface area contributed by atoms with E-state index in [-0.39, 0.29) is 0 Å². The van der Waals surface area contributed by atoms with Gasteiger partial charge in [-0.1, -0.05) is 0 Å². The molecule has 0 radical (unpaired) electrons. The minimum absolute atomic E-state index is 0.640. The van der Waals surface area contributed by atoms with Crippen molar-refractivity contribution in [3.05, 3.63) is 0 Å². The van der Waals surface area contributed by atoms with Gasteiger partial charge in [-0.3, -0.25) is 4.79 Å². The Balaban J connectivity index is 1.92. The smallest absolute Gasteiger partial charge is 0.343 e. The summed E-state index contributed by atoms with van der Waals surface area (Å²) in [4.78, 5) is 22.5. The van der Waals surface area contributed by atoms with Gasteiger partial charge in [0.2, 0.25) is 11.9 Å². The molecule has 23 heavy (non-hydrogen) atoms. The summed E-state index contributed by atoms with van der Waals surface area (Å²) in [6.07, 6.45) is -12.8. The third kappa shape index (κ3) is 3.51. The molecule has 2 fully saturated rings. The topological polar surface area (TPSA) is 183 Å². The number of hydrogen-bond donors (Lipinski definition) is 6. The number of rotatable bonds is 5. The molecule has 132 valence electrons. The van der Waals surface area contributed by atoms with E-state index >= 15 is 0 Å². The molecule has 2 rings (SSSR count). The summed E-state index contributed by atoms with van der Waals surface area (Å²) in [5, 5.41) is 56.8. The second-order valence-electron chi connectivity index (χ2n) is 5.26. The molecular weight excluding hydrogens is 320 g/mol. The zero-order valence-corrected chi connectivity index (χ0v) is 11.8. The highest BCUT2D eigenvalue weighted by Gasteiger charge is 2.47. The van der Waals surface area contributed by atoms with Crippen LogP contribution in [0.1, 0.15) is 0 Å². The first kappa shape index (κ1) is 18.2. The summed E-state index contributed by atoms with van der Waals surface area (Å²) >= 11 is 0. The van der Waals surface area contributed by atoms with Crippen molar-refractivity contribution in [2.24, 2.45) is 0 Å². The maximum atomic E-state index is 11.5. The molecule has 0 bridgehead atoms. The second kappa shape index (κ2) is 7.15. The van der Waals surface area contributed by atoms with Crippen molar-refractivity contribution in [2.45, 2.75) is 49.0 Å². The third-order valence-corrected chi connectivity index (χ3v) is 3.65. The van der Waals surface area contributed by atoms with Crippen molar-refractivity contribution < 1.29 is 54.4 Å². The Kier molecular flexibility index (Phi) is 5.65. The van der Waals surface area contributed by atoms with E-state index in [4.69, 9.17) is 19.7 Å². The fourth-order valence-electron chi connectivity index (χ4n) is 2.27. The van der Waals surface area contributed by atoms with Crippen LogP contribution in [0.4, 0.5) is 0 Å². The van der Waals surface area contributed by atoms with Crippen molar-refractivity contribution in [1.29, 1.82) is 0 Å². The van der Waals surface area contributed by atoms with Crippen LogP contribution < -0.4 is 0 Å². The van der Waals surface area contributed by atoms with E-state index in [0.29, 0.717) is 0 Å². The lowest BCUT2D eigenvalue weighted by atomic mass is 9.99. The zero-order chi connectivity index (χ0) is 17.3. The minimum Gasteiger partial charge on any atom is -0.449 e. The standard InChI is InChI=1S/C12H18O11/c13-1-4-5(15)6(16)9(19)12(22-4)21-2-3(14)10-7(17)8(18)11(20)23-10/h3-6,8-10,12-16,18-19H,1-2H2/t3-,4+,5+,6-,8?,9+,10+,12?/m0/s1. The molecule has 8 atom stereocenters. The number of aliphatic hydroxyl groups is 6. The molecule has 0 saturated carbocycles. The van der Waals surface area contributed by atoms with Gasteiger partial charge in [0.25, 0.3) is 0 Å². The lowest BCUT2D eigenvalue weighted by Crippen LogP contribution is -2.59. The Morgan fingerprint density at radius 1 is 1.09 bits per heavy atom. The number of Topliss-reactive ketones (excluding diaryl/α,β-unsaturated/α-hetero) is 1. The van der Waals surface area contributed by atoms with Gasteiger partial charge in [0.05, 0.1) is 13.2 Å². The van der Waals surface area contributed by atoms with Crippen LogP contribution in [0.5, 0.6) is 0 Å². The number of carbonyl (C=O) groups excluding carboxylic acids is 2. The molecule has 11 nitrogen and oxygen atoms in total. The summed E-state index contributed by atoms with van der Waals surface area (Å²) in [5.41, 5.74) is 0. The molecule has 11 heteroatoms. The Morgan fingerprint density at radius 2 is 1.74 bits per heavy atom. The van der Waals surface area contributed by atoms with Gasteiger partial charge in [-0.05, 0) is 0 Å². The fourth-order valence-corrected chi connectivity index (χ4v) is 2.27. The maximum absolute atomic E-state index is 11.5. The molecule has 0 aromatic carbocycles. The van der Waals surface area contributed by atoms with Gasteiger partial charge >= 0.3 is 5.97 Å². The maximum Gasteiger partial charge on any atom is 0.343 e. The number of aliphatic hydroxyl groups excluding tert-OH is 6. The van der Waals surface area contributed by atoms with Crippen LogP contribution in [0.2, 0.25) is 0 Å². The van der Waals surface area contributed by atoms with Gasteiger partial charge in [-0.2, -0.15) is 0 Å². The van der Waals surface area contributed by atoms with Crippen LogP contribution in [0.15, 0.2) is 0 Å². The molecule has 0 aromatic heterocycles. The molecule has 0 amide bonds. The molecular formula is C12H18O11. The number of ketones is 1. The second-order valence-corrected chi connectivity index (χ2v) is 5.26. The molecule has 6 N–H and O–H groups in total. The highest BCUT2D eigenvalue weighted by molar-refractivity contribution is 6.09. The van der Waals surface area contributed by atoms with Crippen molar-refractivity contribution >= 4 is 11.8 Å². The lowest BCUT2D eigenvalue weighted by molar-refractivity contribution is -0.305. The van der Waals surface area contributed by atoms with E-state index in [9.17, 15) is 30.0 Å². The van der Waals surface area contributed by atoms with Gasteiger partial charge in [0.15, 0.2) is 12.4 Å². The summed E-state index contributed by atoms with van der Waals surface area (Å²) in [6.45, 7) is -1.29. The van der Waals surface area contributed by atoms with E-state index in [1.165, 1.54) is 0 Å². The Hall–Kier alpha value is -1.18. The van der Waals surface area contributed by atoms with E-state index in [1.807, 2.05) is 0 Å². The minimum atomic E-state index is -1.97. The molecule has 2 saturated heterocycles. The quantitative estimate of drug-likeness (QED) is 0.208. The summed E-state index contributed by atoms with van der Waals surface area (Å²) in [6, 6.07) is 0. The SMILES string of the molecule is O=C1O[C@H]([C@@H](O)COC2O[C@H](CO)[C@@H](O)[C@H](O)[C@H]2O)C(=O)C1O. The van der Waals surface area contributed by atoms with Crippen molar-refractivity contribution in [2.75, 3.05) is 13.2 Å². The van der Waals surface area contributed by atoms with Gasteiger partial charge < -0.3 is 44.8 Å². The molecule has 2 aliphatic heterocycles. The molecule has 0 aromatic rings. The molecule has 0 spiro atoms. The van der Waals surface area contributed by atoms with Crippen LogP contribution in [0.25, 0.3) is 0 Å². The molecule has 2 unspecified atom stereocenters. The summed E-state index contributed by atoms with van der Waals surface area (Å²) in [5.74, 6) is -2.22. The van der Waals surface area contributed by atoms with E-state index in [0.717, 1.165) is 0 Å². The van der Waals surface area contributed by atoms with E-state index in [1.54, 1.807) is 0 Å². The predicted molar refractivity (Wildman–Crippen MR) is 66.6 cm³/mol. The highest BCUT2D eigenvalue weighted by atomic mass is 16.7. The van der Waals surface area contributed by atoms with Crippen LogP contribution in [0.3, 0.4) is 0 Å². The Bertz CT molecular complexity index is 452. The normalized spacial score (nSPS) is 42.6. The van der Waals surface area contributed by atoms with Crippen molar-refractivity contribution in [1.82, 2.24) is 0 Å². The Morgan fingerprint density at radius 3 is 2.26 bits per heavy atom. The van der Waals surface area contributed by atoms with Crippen LogP contribution >= 0.6 is 0 Å². The summed E-state index contributed by atoms with van der Waals surface area (Å²) < 4.78 is 14.5. The highest BCUT2D eigenvalue weighted by Crippen LogP contribution is 2.23. The fraction of sp³-hybridized carbons (Fsp3) is 0.833. The number of carbonyl (C=O) groups is 2. The van der Waals surface area contributed by atoms with Crippen LogP contribution in [-0.2, 0) is 23.8 Å². The number of cyclic esters (lactones) is 1. The zero-order valence-electron chi connectivity index (χ0n) is 11.8. The lowest BCUT2D eigenvalue weighted by Gasteiger charge is -2.39. The number of esters is 1. The molecule has 2 aliphatic rings. The van der Waals surface area contributed by atoms with Crippen molar-refractivity contribution in [3.63, 3.8) is 0 Å². The summed E-state index contributed by atoms with van der Waals surface area (Å²) in [7, 11) is 0. The number of hydrogen-bond acceptors (Lipinski definition) is 11. The average molecular weight is 338 g/mol. The average Bonchev–Trinajstić information content (AvgIpc) is 2.79. The van der Waals surface area contributed by atoms with Gasteiger partial charge in [-0.15, -0.1) is 0 Å². The van der Waals surface area contributed by atoms with E-state index in [2.05, 4.69) is 4.74 Å². The first-order valence-corrected chi connectivity index (χ1v) is 6.80.